The number of Topliss-reactive ketones (excluding diaryl/α,β-unsaturated/α-hetero) is 1. The molecule has 7 atom stereocenters. The third-order valence-corrected chi connectivity index (χ3v) is 8.86. The highest BCUT2D eigenvalue weighted by Crippen LogP contribution is 2.69. The molecule has 7 unspecified atom stereocenters. The first-order valence-corrected chi connectivity index (χ1v) is 9.94. The molecule has 0 saturated heterocycles. The van der Waals surface area contributed by atoms with Gasteiger partial charge in [0.1, 0.15) is 6.61 Å². The van der Waals surface area contributed by atoms with Crippen LogP contribution in [0.4, 0.5) is 0 Å². The smallest absolute Gasteiger partial charge is 0.178 e. The van der Waals surface area contributed by atoms with Crippen LogP contribution in [0.2, 0.25) is 0 Å². The zero-order chi connectivity index (χ0) is 18.9. The number of allylic oxidation sites excluding steroid dienone is 4. The van der Waals surface area contributed by atoms with Crippen molar-refractivity contribution in [3.8, 4) is 0 Å². The van der Waals surface area contributed by atoms with E-state index in [0.29, 0.717) is 18.3 Å². The summed E-state index contributed by atoms with van der Waals surface area (Å²) in [5.74, 6) is 0.779. The van der Waals surface area contributed by atoms with Gasteiger partial charge in [0.25, 0.3) is 0 Å². The zero-order valence-electron chi connectivity index (χ0n) is 16.0. The Kier molecular flexibility index (Phi) is 3.92. The molecule has 0 amide bonds. The van der Waals surface area contributed by atoms with Crippen LogP contribution in [0.5, 0.6) is 0 Å². The van der Waals surface area contributed by atoms with Gasteiger partial charge in [0, 0.05) is 16.7 Å². The largest absolute Gasteiger partial charge is 0.393 e. The fourth-order valence-corrected chi connectivity index (χ4v) is 7.20. The Balaban J connectivity index is 1.75. The lowest BCUT2D eigenvalue weighted by Gasteiger charge is -2.60. The number of hydrogen-bond acceptors (Lipinski definition) is 4. The van der Waals surface area contributed by atoms with Gasteiger partial charge in [-0.15, -0.1) is 0 Å². The topological polar surface area (TPSA) is 74.6 Å². The molecule has 0 radical (unpaired) electrons. The molecule has 0 heterocycles. The first kappa shape index (κ1) is 18.1. The van der Waals surface area contributed by atoms with Crippen LogP contribution in [-0.4, -0.2) is 34.5 Å². The lowest BCUT2D eigenvalue weighted by molar-refractivity contribution is -0.155. The Hall–Kier alpha value is -1.26. The molecule has 2 N–H and O–H groups in total. The van der Waals surface area contributed by atoms with Gasteiger partial charge in [-0.3, -0.25) is 9.59 Å². The summed E-state index contributed by atoms with van der Waals surface area (Å²) in [4.78, 5) is 24.4. The Bertz CT molecular complexity index is 722. The quantitative estimate of drug-likeness (QED) is 0.796. The maximum absolute atomic E-state index is 12.6. The van der Waals surface area contributed by atoms with Crippen molar-refractivity contribution in [2.24, 2.45) is 34.0 Å². The third kappa shape index (κ3) is 2.09. The predicted molar refractivity (Wildman–Crippen MR) is 98.2 cm³/mol. The van der Waals surface area contributed by atoms with Crippen LogP contribution in [0.3, 0.4) is 0 Å². The van der Waals surface area contributed by atoms with Gasteiger partial charge >= 0.3 is 0 Å². The van der Waals surface area contributed by atoms with Crippen LogP contribution in [0.1, 0.15) is 52.9 Å². The van der Waals surface area contributed by atoms with Crippen molar-refractivity contribution in [1.82, 2.24) is 0 Å². The SMILES string of the molecule is CC12C=CC(=O)C=C1CCC1C2C(O)CC2(C)C1CCC2(C)C(=O)CO. The minimum atomic E-state index is -0.562. The van der Waals surface area contributed by atoms with Crippen molar-refractivity contribution < 1.29 is 19.8 Å². The van der Waals surface area contributed by atoms with E-state index in [-0.39, 0.29) is 28.3 Å². The van der Waals surface area contributed by atoms with Crippen molar-refractivity contribution in [2.45, 2.75) is 59.0 Å². The van der Waals surface area contributed by atoms with Gasteiger partial charge in [0.05, 0.1) is 6.10 Å². The summed E-state index contributed by atoms with van der Waals surface area (Å²) in [7, 11) is 0. The molecule has 4 aliphatic carbocycles. The molecule has 0 spiro atoms. The summed E-state index contributed by atoms with van der Waals surface area (Å²) >= 11 is 0. The second kappa shape index (κ2) is 5.62. The highest BCUT2D eigenvalue weighted by molar-refractivity contribution is 6.01. The number of aliphatic hydroxyl groups is 2. The van der Waals surface area contributed by atoms with Gasteiger partial charge in [-0.25, -0.2) is 0 Å². The van der Waals surface area contributed by atoms with Crippen molar-refractivity contribution in [3.05, 3.63) is 23.8 Å². The van der Waals surface area contributed by atoms with E-state index in [2.05, 4.69) is 13.8 Å². The van der Waals surface area contributed by atoms with Gasteiger partial charge in [0.15, 0.2) is 11.6 Å². The molecular formula is C22H30O4. The minimum absolute atomic E-state index is 0.0491. The molecule has 4 rings (SSSR count). The van der Waals surface area contributed by atoms with Crippen LogP contribution in [-0.2, 0) is 9.59 Å². The highest BCUT2D eigenvalue weighted by atomic mass is 16.3. The number of aliphatic hydroxyl groups excluding tert-OH is 2. The summed E-state index contributed by atoms with van der Waals surface area (Å²) in [6.07, 6.45) is 9.14. The Morgan fingerprint density at radius 2 is 2.00 bits per heavy atom. The summed E-state index contributed by atoms with van der Waals surface area (Å²) in [5, 5.41) is 20.8. The standard InChI is InChI=1S/C22H30O4/c1-20-8-6-14(24)10-13(20)4-5-15-16-7-9-21(2,18(26)12-23)22(16,3)11-17(25)19(15)20/h6,8,10,15-17,19,23,25H,4-5,7,9,11-12H2,1-3H3. The summed E-state index contributed by atoms with van der Waals surface area (Å²) in [5.41, 5.74) is 0.0471. The van der Waals surface area contributed by atoms with E-state index in [9.17, 15) is 19.8 Å². The van der Waals surface area contributed by atoms with Crippen molar-refractivity contribution in [2.75, 3.05) is 6.61 Å². The summed E-state index contributed by atoms with van der Waals surface area (Å²) in [6.45, 7) is 5.90. The van der Waals surface area contributed by atoms with E-state index in [4.69, 9.17) is 0 Å². The summed E-state index contributed by atoms with van der Waals surface area (Å²) < 4.78 is 0. The van der Waals surface area contributed by atoms with Crippen molar-refractivity contribution >= 4 is 11.6 Å². The molecule has 0 aliphatic heterocycles. The van der Waals surface area contributed by atoms with E-state index >= 15 is 0 Å². The Morgan fingerprint density at radius 1 is 1.27 bits per heavy atom. The number of rotatable bonds is 2. The maximum atomic E-state index is 12.6. The molecule has 3 fully saturated rings. The molecule has 0 aromatic rings. The van der Waals surface area contributed by atoms with Crippen LogP contribution in [0, 0.1) is 34.0 Å². The average molecular weight is 358 g/mol. The van der Waals surface area contributed by atoms with Gasteiger partial charge in [-0.1, -0.05) is 32.4 Å². The monoisotopic (exact) mass is 358 g/mol. The highest BCUT2D eigenvalue weighted by Gasteiger charge is 2.66. The molecule has 3 saturated carbocycles. The molecule has 4 nitrogen and oxygen atoms in total. The normalized spacial score (nSPS) is 49.9. The first-order valence-electron chi connectivity index (χ1n) is 9.94. The molecule has 26 heavy (non-hydrogen) atoms. The molecule has 4 aliphatic rings. The third-order valence-electron chi connectivity index (χ3n) is 8.86. The van der Waals surface area contributed by atoms with Crippen LogP contribution >= 0.6 is 0 Å². The minimum Gasteiger partial charge on any atom is -0.393 e. The number of hydrogen-bond donors (Lipinski definition) is 2. The summed E-state index contributed by atoms with van der Waals surface area (Å²) in [6, 6.07) is 0. The molecule has 0 bridgehead atoms. The zero-order valence-corrected chi connectivity index (χ0v) is 16.0. The van der Waals surface area contributed by atoms with Gasteiger partial charge in [-0.05, 0) is 61.5 Å². The Morgan fingerprint density at radius 3 is 2.69 bits per heavy atom. The lowest BCUT2D eigenvalue weighted by atomic mass is 9.45. The predicted octanol–water partition coefficient (Wildman–Crippen LogP) is 2.83. The van der Waals surface area contributed by atoms with Crippen LogP contribution in [0.25, 0.3) is 0 Å². The second-order valence-corrected chi connectivity index (χ2v) is 9.66. The molecule has 0 aromatic heterocycles. The maximum Gasteiger partial charge on any atom is 0.178 e. The molecule has 4 heteroatoms. The number of ketones is 2. The average Bonchev–Trinajstić information content (AvgIpc) is 2.86. The van der Waals surface area contributed by atoms with Crippen LogP contribution in [0.15, 0.2) is 23.8 Å². The van der Waals surface area contributed by atoms with E-state index in [1.54, 1.807) is 12.2 Å². The van der Waals surface area contributed by atoms with Crippen LogP contribution < -0.4 is 0 Å². The van der Waals surface area contributed by atoms with Crippen molar-refractivity contribution in [1.29, 1.82) is 0 Å². The van der Waals surface area contributed by atoms with Crippen molar-refractivity contribution in [3.63, 3.8) is 0 Å². The first-order chi connectivity index (χ1) is 12.2. The van der Waals surface area contributed by atoms with E-state index < -0.39 is 18.1 Å². The van der Waals surface area contributed by atoms with E-state index in [1.807, 2.05) is 13.0 Å². The fourth-order valence-electron chi connectivity index (χ4n) is 7.20. The molecular weight excluding hydrogens is 328 g/mol. The van der Waals surface area contributed by atoms with E-state index in [1.165, 1.54) is 0 Å². The lowest BCUT2D eigenvalue weighted by Crippen LogP contribution is -2.58. The van der Waals surface area contributed by atoms with Gasteiger partial charge < -0.3 is 10.2 Å². The Labute approximate surface area is 155 Å². The second-order valence-electron chi connectivity index (χ2n) is 9.66. The van der Waals surface area contributed by atoms with Gasteiger partial charge in [-0.2, -0.15) is 0 Å². The van der Waals surface area contributed by atoms with Gasteiger partial charge in [0.2, 0.25) is 0 Å². The number of fused-ring (bicyclic) bond motifs is 5. The van der Waals surface area contributed by atoms with E-state index in [0.717, 1.165) is 31.3 Å². The number of carbonyl (C=O) groups excluding carboxylic acids is 2. The molecule has 142 valence electrons. The number of carbonyl (C=O) groups is 2. The fraction of sp³-hybridized carbons (Fsp3) is 0.727. The molecule has 0 aromatic carbocycles.